The van der Waals surface area contributed by atoms with Crippen LogP contribution >= 0.6 is 0 Å². The van der Waals surface area contributed by atoms with Crippen LogP contribution in [0.25, 0.3) is 95.0 Å². The second-order valence-electron chi connectivity index (χ2n) is 15.9. The third-order valence-electron chi connectivity index (χ3n) is 11.7. The van der Waals surface area contributed by atoms with Crippen LogP contribution in [-0.2, 0) is 0 Å². The van der Waals surface area contributed by atoms with Gasteiger partial charge in [-0.05, 0) is 121 Å². The molecule has 0 atom stereocenters. The van der Waals surface area contributed by atoms with Gasteiger partial charge in [0.25, 0.3) is 0 Å². The largest absolute Gasteiger partial charge is 0.308 e. The first-order valence-electron chi connectivity index (χ1n) is 20.6. The van der Waals surface area contributed by atoms with Gasteiger partial charge in [-0.15, -0.1) is 0 Å². The molecule has 61 heavy (non-hydrogen) atoms. The summed E-state index contributed by atoms with van der Waals surface area (Å²) in [6.07, 6.45) is 0. The van der Waals surface area contributed by atoms with Gasteiger partial charge >= 0.3 is 0 Å². The fourth-order valence-corrected chi connectivity index (χ4v) is 8.68. The second-order valence-corrected chi connectivity index (χ2v) is 15.9. The zero-order valence-electron chi connectivity index (χ0n) is 34.5. The molecule has 0 aliphatic carbocycles. The summed E-state index contributed by atoms with van der Waals surface area (Å²) in [5.41, 5.74) is 18.0. The Balaban J connectivity index is 1.29. The number of nitriles is 1. The molecule has 0 N–H and O–H groups in total. The van der Waals surface area contributed by atoms with E-state index in [0.29, 0.717) is 23.0 Å². The zero-order valence-corrected chi connectivity index (χ0v) is 34.5. The normalized spacial score (nSPS) is 11.3. The summed E-state index contributed by atoms with van der Waals surface area (Å²) in [7, 11) is 0. The molecule has 0 aliphatic heterocycles. The molecule has 0 fully saturated rings. The van der Waals surface area contributed by atoms with Gasteiger partial charge in [-0.3, -0.25) is 0 Å². The highest BCUT2D eigenvalue weighted by molar-refractivity contribution is 6.12. The van der Waals surface area contributed by atoms with Crippen molar-refractivity contribution in [1.29, 1.82) is 5.26 Å². The monoisotopic (exact) mass is 783 g/mol. The van der Waals surface area contributed by atoms with Crippen molar-refractivity contribution >= 4 is 21.8 Å². The Bertz CT molecular complexity index is 3190. The van der Waals surface area contributed by atoms with E-state index in [2.05, 4.69) is 135 Å². The van der Waals surface area contributed by atoms with Crippen molar-refractivity contribution in [3.63, 3.8) is 0 Å². The minimum Gasteiger partial charge on any atom is -0.308 e. The molecule has 0 saturated heterocycles. The lowest BCUT2D eigenvalue weighted by Gasteiger charge is -2.17. The number of fused-ring (bicyclic) bond motifs is 3. The lowest BCUT2D eigenvalue weighted by molar-refractivity contribution is 1.06. The van der Waals surface area contributed by atoms with Crippen molar-refractivity contribution in [3.05, 3.63) is 204 Å². The average molecular weight is 784 g/mol. The van der Waals surface area contributed by atoms with Crippen LogP contribution in [0.1, 0.15) is 27.8 Å². The Morgan fingerprint density at radius 3 is 1.39 bits per heavy atom. The summed E-state index contributed by atoms with van der Waals surface area (Å²) >= 11 is 0. The van der Waals surface area contributed by atoms with Crippen molar-refractivity contribution in [2.45, 2.75) is 27.7 Å². The summed E-state index contributed by atoms with van der Waals surface area (Å²) < 4.78 is 2.36. The Morgan fingerprint density at radius 2 is 0.869 bits per heavy atom. The van der Waals surface area contributed by atoms with Crippen LogP contribution in [0.2, 0.25) is 0 Å². The molecule has 0 spiro atoms. The highest BCUT2D eigenvalue weighted by Gasteiger charge is 2.22. The lowest BCUT2D eigenvalue weighted by atomic mass is 9.95. The topological polar surface area (TPSA) is 67.4 Å². The van der Waals surface area contributed by atoms with Crippen LogP contribution in [0, 0.1) is 39.0 Å². The Labute approximate surface area is 355 Å². The summed E-state index contributed by atoms with van der Waals surface area (Å²) in [6.45, 7) is 8.66. The van der Waals surface area contributed by atoms with Gasteiger partial charge in [0.15, 0.2) is 17.5 Å². The molecule has 0 saturated carbocycles. The molecule has 290 valence electrons. The fraction of sp³-hybridized carbons (Fsp3) is 0.0714. The summed E-state index contributed by atoms with van der Waals surface area (Å²) in [6, 6.07) is 63.8. The molecule has 0 unspecified atom stereocenters. The van der Waals surface area contributed by atoms with Crippen molar-refractivity contribution in [1.82, 2.24) is 19.5 Å². The SMILES string of the molecule is Cc1ccc(-c2ccc3c(c2)c2cc(-c4ccc(C)cc4C)ccc2n3-c2cc(-c3cccc(C#N)c3)ccc2-c2nc(-c3ccccc3)nc(-c3ccccc3)n2)c(C)c1. The van der Waals surface area contributed by atoms with Crippen molar-refractivity contribution < 1.29 is 0 Å². The third-order valence-corrected chi connectivity index (χ3v) is 11.7. The quantitative estimate of drug-likeness (QED) is 0.161. The van der Waals surface area contributed by atoms with Gasteiger partial charge in [0.2, 0.25) is 0 Å². The molecule has 0 amide bonds. The van der Waals surface area contributed by atoms with Gasteiger partial charge in [0.1, 0.15) is 0 Å². The molecule has 10 aromatic rings. The van der Waals surface area contributed by atoms with Crippen molar-refractivity contribution in [2.75, 3.05) is 0 Å². The maximum atomic E-state index is 9.88. The van der Waals surface area contributed by atoms with E-state index in [0.717, 1.165) is 55.3 Å². The first-order chi connectivity index (χ1) is 29.8. The highest BCUT2D eigenvalue weighted by Crippen LogP contribution is 2.41. The number of aromatic nitrogens is 4. The summed E-state index contributed by atoms with van der Waals surface area (Å²) in [5.74, 6) is 1.76. The number of benzene rings is 8. The predicted octanol–water partition coefficient (Wildman–Crippen LogP) is 14.1. The number of hydrogen-bond donors (Lipinski definition) is 0. The minimum atomic E-state index is 0.564. The zero-order chi connectivity index (χ0) is 41.6. The second kappa shape index (κ2) is 15.3. The van der Waals surface area contributed by atoms with Crippen molar-refractivity contribution in [2.24, 2.45) is 0 Å². The molecule has 8 aromatic carbocycles. The van der Waals surface area contributed by atoms with Crippen molar-refractivity contribution in [3.8, 4) is 79.3 Å². The highest BCUT2D eigenvalue weighted by atomic mass is 15.1. The maximum absolute atomic E-state index is 9.88. The number of aryl methyl sites for hydroxylation is 4. The number of nitrogens with zero attached hydrogens (tertiary/aromatic N) is 5. The molecule has 0 aliphatic rings. The van der Waals surface area contributed by atoms with E-state index in [1.165, 1.54) is 44.5 Å². The van der Waals surface area contributed by atoms with Crippen LogP contribution in [0.3, 0.4) is 0 Å². The molecule has 0 bridgehead atoms. The molecule has 10 rings (SSSR count). The molecule has 5 nitrogen and oxygen atoms in total. The van der Waals surface area contributed by atoms with E-state index in [1.807, 2.05) is 78.9 Å². The summed E-state index contributed by atoms with van der Waals surface area (Å²) in [5, 5.41) is 12.2. The van der Waals surface area contributed by atoms with E-state index in [9.17, 15) is 5.26 Å². The fourth-order valence-electron chi connectivity index (χ4n) is 8.68. The van der Waals surface area contributed by atoms with Gasteiger partial charge < -0.3 is 4.57 Å². The van der Waals surface area contributed by atoms with Gasteiger partial charge in [-0.25, -0.2) is 15.0 Å². The standard InChI is InChI=1S/C56H41N5/c1-35-18-23-46(37(3)28-35)44-21-26-51-49(31-44)50-32-45(47-24-19-36(2)29-38(47)4)22-27-52(50)61(51)53-33-43(42-17-11-12-39(30-42)34-57)20-25-48(53)56-59-54(40-13-7-5-8-14-40)58-55(60-56)41-15-9-6-10-16-41/h5-33H,1-4H3. The van der Waals surface area contributed by atoms with Crippen LogP contribution in [0.4, 0.5) is 0 Å². The molecule has 2 aromatic heterocycles. The average Bonchev–Trinajstić information content (AvgIpc) is 3.62. The Kier molecular flexibility index (Phi) is 9.39. The predicted molar refractivity (Wildman–Crippen MR) is 250 cm³/mol. The smallest absolute Gasteiger partial charge is 0.166 e. The van der Waals surface area contributed by atoms with Gasteiger partial charge in [0.05, 0.1) is 28.4 Å². The van der Waals surface area contributed by atoms with E-state index < -0.39 is 0 Å². The van der Waals surface area contributed by atoms with Gasteiger partial charge in [-0.2, -0.15) is 5.26 Å². The molecular weight excluding hydrogens is 743 g/mol. The van der Waals surface area contributed by atoms with Gasteiger partial charge in [-0.1, -0.05) is 139 Å². The van der Waals surface area contributed by atoms with Crippen LogP contribution in [-0.4, -0.2) is 19.5 Å². The van der Waals surface area contributed by atoms with E-state index in [-0.39, 0.29) is 0 Å². The maximum Gasteiger partial charge on any atom is 0.166 e. The lowest BCUT2D eigenvalue weighted by Crippen LogP contribution is -2.04. The van der Waals surface area contributed by atoms with Crippen LogP contribution in [0.15, 0.2) is 176 Å². The van der Waals surface area contributed by atoms with Crippen LogP contribution in [0.5, 0.6) is 0 Å². The van der Waals surface area contributed by atoms with E-state index in [1.54, 1.807) is 0 Å². The molecular formula is C56H41N5. The third kappa shape index (κ3) is 6.94. The minimum absolute atomic E-state index is 0.564. The number of rotatable bonds is 7. The molecule has 5 heteroatoms. The van der Waals surface area contributed by atoms with Gasteiger partial charge in [0, 0.05) is 27.5 Å². The Morgan fingerprint density at radius 1 is 0.393 bits per heavy atom. The molecule has 0 radical (unpaired) electrons. The number of hydrogen-bond acceptors (Lipinski definition) is 4. The summed E-state index contributed by atoms with van der Waals surface area (Å²) in [4.78, 5) is 15.5. The first kappa shape index (κ1) is 37.3. The van der Waals surface area contributed by atoms with E-state index >= 15 is 0 Å². The molecule has 2 heterocycles. The first-order valence-corrected chi connectivity index (χ1v) is 20.6. The Hall–Kier alpha value is -7.94. The van der Waals surface area contributed by atoms with Crippen LogP contribution < -0.4 is 0 Å². The van der Waals surface area contributed by atoms with E-state index in [4.69, 9.17) is 15.0 Å².